The molecule has 1 heterocycles. The lowest BCUT2D eigenvalue weighted by Gasteiger charge is -2.21. The van der Waals surface area contributed by atoms with Gasteiger partial charge < -0.3 is 10.2 Å². The third kappa shape index (κ3) is 3.81. The van der Waals surface area contributed by atoms with Crippen molar-refractivity contribution in [3.8, 4) is 0 Å². The number of amides is 1. The van der Waals surface area contributed by atoms with Gasteiger partial charge in [-0.05, 0) is 31.5 Å². The quantitative estimate of drug-likeness (QED) is 0.881. The highest BCUT2D eigenvalue weighted by atomic mass is 16.2. The molecule has 0 unspecified atom stereocenters. The highest BCUT2D eigenvalue weighted by Gasteiger charge is 2.16. The Morgan fingerprint density at radius 3 is 2.62 bits per heavy atom. The third-order valence-corrected chi connectivity index (χ3v) is 3.19. The normalized spacial score (nSPS) is 10.2. The van der Waals surface area contributed by atoms with Gasteiger partial charge in [-0.15, -0.1) is 0 Å². The Bertz CT molecular complexity index is 584. The van der Waals surface area contributed by atoms with E-state index < -0.39 is 0 Å². The van der Waals surface area contributed by atoms with Gasteiger partial charge in [0.25, 0.3) is 5.91 Å². The average Bonchev–Trinajstić information content (AvgIpc) is 2.55. The SMILES string of the molecule is CCCNc1cncc(C(=O)N(CC)c2ccccc2)c1. The topological polar surface area (TPSA) is 45.2 Å². The monoisotopic (exact) mass is 283 g/mol. The summed E-state index contributed by atoms with van der Waals surface area (Å²) in [6.45, 7) is 5.56. The Kier molecular flexibility index (Phi) is 5.32. The van der Waals surface area contributed by atoms with Crippen molar-refractivity contribution in [2.24, 2.45) is 0 Å². The van der Waals surface area contributed by atoms with Crippen molar-refractivity contribution in [1.82, 2.24) is 4.98 Å². The van der Waals surface area contributed by atoms with Crippen molar-refractivity contribution >= 4 is 17.3 Å². The van der Waals surface area contributed by atoms with Gasteiger partial charge in [-0.25, -0.2) is 0 Å². The molecular weight excluding hydrogens is 262 g/mol. The largest absolute Gasteiger partial charge is 0.384 e. The molecular formula is C17H21N3O. The molecule has 0 fully saturated rings. The molecule has 110 valence electrons. The zero-order valence-corrected chi connectivity index (χ0v) is 12.5. The zero-order chi connectivity index (χ0) is 15.1. The van der Waals surface area contributed by atoms with Gasteiger partial charge in [-0.3, -0.25) is 9.78 Å². The number of carbonyl (C=O) groups excluding carboxylic acids is 1. The number of aromatic nitrogens is 1. The van der Waals surface area contributed by atoms with Crippen molar-refractivity contribution < 1.29 is 4.79 Å². The maximum Gasteiger partial charge on any atom is 0.259 e. The van der Waals surface area contributed by atoms with Gasteiger partial charge in [-0.1, -0.05) is 25.1 Å². The van der Waals surface area contributed by atoms with Crippen LogP contribution >= 0.6 is 0 Å². The van der Waals surface area contributed by atoms with E-state index in [0.29, 0.717) is 12.1 Å². The maximum atomic E-state index is 12.7. The maximum absolute atomic E-state index is 12.7. The minimum Gasteiger partial charge on any atom is -0.384 e. The number of rotatable bonds is 6. The first-order valence-electron chi connectivity index (χ1n) is 7.32. The van der Waals surface area contributed by atoms with Crippen LogP contribution in [0.1, 0.15) is 30.6 Å². The molecule has 21 heavy (non-hydrogen) atoms. The summed E-state index contributed by atoms with van der Waals surface area (Å²) in [6, 6.07) is 11.5. The van der Waals surface area contributed by atoms with Gasteiger partial charge in [0.1, 0.15) is 0 Å². The molecule has 1 aromatic carbocycles. The first-order chi connectivity index (χ1) is 10.3. The van der Waals surface area contributed by atoms with Crippen LogP contribution in [0.3, 0.4) is 0 Å². The Hall–Kier alpha value is -2.36. The second-order valence-electron chi connectivity index (χ2n) is 4.77. The highest BCUT2D eigenvalue weighted by molar-refractivity contribution is 6.06. The van der Waals surface area contributed by atoms with Crippen molar-refractivity contribution in [1.29, 1.82) is 0 Å². The summed E-state index contributed by atoms with van der Waals surface area (Å²) in [5.41, 5.74) is 2.38. The second-order valence-corrected chi connectivity index (χ2v) is 4.77. The van der Waals surface area contributed by atoms with Gasteiger partial charge in [0.2, 0.25) is 0 Å². The van der Waals surface area contributed by atoms with Gasteiger partial charge in [0, 0.05) is 31.2 Å². The van der Waals surface area contributed by atoms with Crippen molar-refractivity contribution in [2.45, 2.75) is 20.3 Å². The summed E-state index contributed by atoms with van der Waals surface area (Å²) in [5.74, 6) is -0.0312. The molecule has 4 nitrogen and oxygen atoms in total. The molecule has 0 radical (unpaired) electrons. The first kappa shape index (κ1) is 15.0. The van der Waals surface area contributed by atoms with Crippen LogP contribution in [-0.2, 0) is 0 Å². The van der Waals surface area contributed by atoms with Gasteiger partial charge in [-0.2, -0.15) is 0 Å². The van der Waals surface area contributed by atoms with E-state index in [2.05, 4.69) is 17.2 Å². The lowest BCUT2D eigenvalue weighted by Crippen LogP contribution is -2.30. The zero-order valence-electron chi connectivity index (χ0n) is 12.5. The van der Waals surface area contributed by atoms with E-state index in [9.17, 15) is 4.79 Å². The standard InChI is InChI=1S/C17H21N3O/c1-3-10-19-15-11-14(12-18-13-15)17(21)20(4-2)16-8-6-5-7-9-16/h5-9,11-13,19H,3-4,10H2,1-2H3. The number of nitrogens with one attached hydrogen (secondary N) is 1. The lowest BCUT2D eigenvalue weighted by molar-refractivity contribution is 0.0988. The van der Waals surface area contributed by atoms with Crippen LogP contribution in [0.15, 0.2) is 48.8 Å². The van der Waals surface area contributed by atoms with Crippen LogP contribution in [0.5, 0.6) is 0 Å². The fourth-order valence-corrected chi connectivity index (χ4v) is 2.13. The van der Waals surface area contributed by atoms with E-state index in [1.54, 1.807) is 17.3 Å². The fourth-order valence-electron chi connectivity index (χ4n) is 2.13. The van der Waals surface area contributed by atoms with E-state index in [4.69, 9.17) is 0 Å². The van der Waals surface area contributed by atoms with Crippen LogP contribution in [0.4, 0.5) is 11.4 Å². The molecule has 0 spiro atoms. The Morgan fingerprint density at radius 1 is 1.19 bits per heavy atom. The van der Waals surface area contributed by atoms with Gasteiger partial charge in [0.15, 0.2) is 0 Å². The molecule has 2 aromatic rings. The summed E-state index contributed by atoms with van der Waals surface area (Å²) in [4.78, 5) is 18.6. The van der Waals surface area contributed by atoms with Gasteiger partial charge >= 0.3 is 0 Å². The number of hydrogen-bond donors (Lipinski definition) is 1. The van der Waals surface area contributed by atoms with E-state index in [1.807, 2.05) is 43.3 Å². The average molecular weight is 283 g/mol. The van der Waals surface area contributed by atoms with E-state index >= 15 is 0 Å². The smallest absolute Gasteiger partial charge is 0.259 e. The lowest BCUT2D eigenvalue weighted by atomic mass is 10.2. The molecule has 0 aliphatic rings. The molecule has 0 aliphatic heterocycles. The Morgan fingerprint density at radius 2 is 1.95 bits per heavy atom. The summed E-state index contributed by atoms with van der Waals surface area (Å²) in [7, 11) is 0. The van der Waals surface area contributed by atoms with Gasteiger partial charge in [0.05, 0.1) is 11.3 Å². The first-order valence-corrected chi connectivity index (χ1v) is 7.32. The molecule has 0 saturated carbocycles. The number of nitrogens with zero attached hydrogens (tertiary/aromatic N) is 2. The van der Waals surface area contributed by atoms with Crippen molar-refractivity contribution in [3.63, 3.8) is 0 Å². The molecule has 2 rings (SSSR count). The molecule has 4 heteroatoms. The van der Waals surface area contributed by atoms with Crippen LogP contribution in [0.2, 0.25) is 0 Å². The number of pyridine rings is 1. The number of anilines is 2. The molecule has 0 aliphatic carbocycles. The molecule has 0 saturated heterocycles. The van der Waals surface area contributed by atoms with Crippen LogP contribution < -0.4 is 10.2 Å². The highest BCUT2D eigenvalue weighted by Crippen LogP contribution is 2.17. The molecule has 1 N–H and O–H groups in total. The number of benzene rings is 1. The molecule has 0 atom stereocenters. The number of para-hydroxylation sites is 1. The summed E-state index contributed by atoms with van der Waals surface area (Å²) in [6.07, 6.45) is 4.39. The summed E-state index contributed by atoms with van der Waals surface area (Å²) in [5, 5.41) is 3.25. The van der Waals surface area contributed by atoms with E-state index in [1.165, 1.54) is 0 Å². The Labute approximate surface area is 125 Å². The minimum atomic E-state index is -0.0312. The number of carbonyl (C=O) groups is 1. The predicted molar refractivity (Wildman–Crippen MR) is 86.8 cm³/mol. The van der Waals surface area contributed by atoms with Crippen LogP contribution in [-0.4, -0.2) is 24.0 Å². The minimum absolute atomic E-state index is 0.0312. The van der Waals surface area contributed by atoms with Crippen LogP contribution in [0, 0.1) is 0 Å². The third-order valence-electron chi connectivity index (χ3n) is 3.19. The van der Waals surface area contributed by atoms with Crippen LogP contribution in [0.25, 0.3) is 0 Å². The molecule has 1 amide bonds. The van der Waals surface area contributed by atoms with Crippen molar-refractivity contribution in [2.75, 3.05) is 23.3 Å². The fraction of sp³-hybridized carbons (Fsp3) is 0.294. The van der Waals surface area contributed by atoms with E-state index in [-0.39, 0.29) is 5.91 Å². The molecule has 0 bridgehead atoms. The number of hydrogen-bond acceptors (Lipinski definition) is 3. The Balaban J connectivity index is 2.21. The second kappa shape index (κ2) is 7.43. The van der Waals surface area contributed by atoms with Crippen molar-refractivity contribution in [3.05, 3.63) is 54.4 Å². The van der Waals surface area contributed by atoms with E-state index in [0.717, 1.165) is 24.3 Å². The summed E-state index contributed by atoms with van der Waals surface area (Å²) < 4.78 is 0. The predicted octanol–water partition coefficient (Wildman–Crippen LogP) is 3.57. The molecule has 1 aromatic heterocycles. The summed E-state index contributed by atoms with van der Waals surface area (Å²) >= 11 is 0.